The molecule has 0 saturated carbocycles. The Morgan fingerprint density at radius 2 is 2.44 bits per heavy atom. The van der Waals surface area contributed by atoms with Crippen molar-refractivity contribution >= 4 is 5.97 Å². The topological polar surface area (TPSA) is 64.4 Å². The molecule has 1 aliphatic heterocycles. The molecule has 1 saturated heterocycles. The fourth-order valence-electron chi connectivity index (χ4n) is 2.45. The largest absolute Gasteiger partial charge is 0.481 e. The maximum absolute atomic E-state index is 11.6. The maximum Gasteiger partial charge on any atom is 0.312 e. The fraction of sp³-hybridized carbons (Fsp3) is 0.692. The van der Waals surface area contributed by atoms with Crippen molar-refractivity contribution in [1.82, 2.24) is 9.78 Å². The van der Waals surface area contributed by atoms with E-state index < -0.39 is 11.4 Å². The highest BCUT2D eigenvalue weighted by Crippen LogP contribution is 2.38. The standard InChI is InChI=1S/C13H20N2O3/c1-9(2)15-6-4-11(14-15)8-13(12(16)17)5-7-18-10(13)3/h4,6,9-10H,5,7-8H2,1-3H3,(H,16,17). The summed E-state index contributed by atoms with van der Waals surface area (Å²) in [5.41, 5.74) is -0.000612. The van der Waals surface area contributed by atoms with E-state index in [2.05, 4.69) is 5.10 Å². The monoisotopic (exact) mass is 252 g/mol. The van der Waals surface area contributed by atoms with E-state index in [-0.39, 0.29) is 12.1 Å². The van der Waals surface area contributed by atoms with E-state index in [0.29, 0.717) is 19.4 Å². The number of ether oxygens (including phenoxy) is 1. The van der Waals surface area contributed by atoms with Crippen LogP contribution in [0.4, 0.5) is 0 Å². The van der Waals surface area contributed by atoms with Crippen LogP contribution in [0, 0.1) is 5.41 Å². The zero-order valence-corrected chi connectivity index (χ0v) is 11.1. The van der Waals surface area contributed by atoms with Gasteiger partial charge in [0.25, 0.3) is 0 Å². The molecule has 1 aromatic rings. The zero-order chi connectivity index (χ0) is 13.3. The second-order valence-corrected chi connectivity index (χ2v) is 5.28. The summed E-state index contributed by atoms with van der Waals surface area (Å²) in [5.74, 6) is -0.786. The van der Waals surface area contributed by atoms with Crippen LogP contribution in [-0.2, 0) is 16.0 Å². The number of nitrogens with zero attached hydrogens (tertiary/aromatic N) is 2. The third kappa shape index (κ3) is 2.14. The molecule has 0 aliphatic carbocycles. The molecule has 0 radical (unpaired) electrons. The average molecular weight is 252 g/mol. The van der Waals surface area contributed by atoms with Gasteiger partial charge in [-0.2, -0.15) is 5.10 Å². The SMILES string of the molecule is CC(C)n1ccc(CC2(C(=O)O)CCOC2C)n1. The Balaban J connectivity index is 2.21. The van der Waals surface area contributed by atoms with Crippen LogP contribution in [-0.4, -0.2) is 33.6 Å². The van der Waals surface area contributed by atoms with E-state index in [0.717, 1.165) is 5.69 Å². The molecule has 1 N–H and O–H groups in total. The summed E-state index contributed by atoms with van der Waals surface area (Å²) in [6.45, 7) is 6.44. The highest BCUT2D eigenvalue weighted by atomic mass is 16.5. The molecule has 1 aliphatic rings. The van der Waals surface area contributed by atoms with E-state index in [4.69, 9.17) is 4.74 Å². The van der Waals surface area contributed by atoms with Crippen LogP contribution in [0.2, 0.25) is 0 Å². The van der Waals surface area contributed by atoms with Crippen LogP contribution in [0.15, 0.2) is 12.3 Å². The van der Waals surface area contributed by atoms with E-state index in [1.807, 2.05) is 37.7 Å². The number of carbonyl (C=O) groups is 1. The highest BCUT2D eigenvalue weighted by molar-refractivity contribution is 5.76. The van der Waals surface area contributed by atoms with Gasteiger partial charge in [0.2, 0.25) is 0 Å². The van der Waals surface area contributed by atoms with Crippen molar-refractivity contribution in [2.24, 2.45) is 5.41 Å². The lowest BCUT2D eigenvalue weighted by Gasteiger charge is -2.26. The number of carboxylic acid groups (broad SMARTS) is 1. The van der Waals surface area contributed by atoms with Gasteiger partial charge in [-0.1, -0.05) is 0 Å². The minimum Gasteiger partial charge on any atom is -0.481 e. The van der Waals surface area contributed by atoms with Gasteiger partial charge >= 0.3 is 5.97 Å². The summed E-state index contributed by atoms with van der Waals surface area (Å²) in [6, 6.07) is 2.19. The number of aliphatic carboxylic acids is 1. The molecule has 5 nitrogen and oxygen atoms in total. The molecule has 2 unspecified atom stereocenters. The predicted octanol–water partition coefficient (Wildman–Crippen LogP) is 1.89. The van der Waals surface area contributed by atoms with Gasteiger partial charge in [-0.15, -0.1) is 0 Å². The number of hydrogen-bond acceptors (Lipinski definition) is 3. The minimum atomic E-state index is -0.823. The van der Waals surface area contributed by atoms with Crippen molar-refractivity contribution in [3.05, 3.63) is 18.0 Å². The lowest BCUT2D eigenvalue weighted by molar-refractivity contribution is -0.151. The van der Waals surface area contributed by atoms with Crippen molar-refractivity contribution in [3.8, 4) is 0 Å². The second kappa shape index (κ2) is 4.72. The molecule has 0 spiro atoms. The maximum atomic E-state index is 11.6. The van der Waals surface area contributed by atoms with Crippen LogP contribution >= 0.6 is 0 Å². The van der Waals surface area contributed by atoms with Gasteiger partial charge in [-0.05, 0) is 33.3 Å². The first kappa shape index (κ1) is 13.1. The summed E-state index contributed by atoms with van der Waals surface area (Å²) in [7, 11) is 0. The Bertz CT molecular complexity index is 441. The number of aromatic nitrogens is 2. The van der Waals surface area contributed by atoms with Crippen LogP contribution in [0.5, 0.6) is 0 Å². The van der Waals surface area contributed by atoms with Crippen molar-refractivity contribution in [3.63, 3.8) is 0 Å². The van der Waals surface area contributed by atoms with Crippen LogP contribution < -0.4 is 0 Å². The second-order valence-electron chi connectivity index (χ2n) is 5.28. The molecule has 0 amide bonds. The number of hydrogen-bond donors (Lipinski definition) is 1. The summed E-state index contributed by atoms with van der Waals surface area (Å²) >= 11 is 0. The summed E-state index contributed by atoms with van der Waals surface area (Å²) in [5, 5.41) is 13.9. The van der Waals surface area contributed by atoms with Crippen LogP contribution in [0.25, 0.3) is 0 Å². The molecule has 1 fully saturated rings. The van der Waals surface area contributed by atoms with Crippen molar-refractivity contribution in [2.75, 3.05) is 6.61 Å². The molecule has 2 rings (SSSR count). The quantitative estimate of drug-likeness (QED) is 0.888. The molecule has 18 heavy (non-hydrogen) atoms. The van der Waals surface area contributed by atoms with Gasteiger partial charge in [0.05, 0.1) is 11.8 Å². The highest BCUT2D eigenvalue weighted by Gasteiger charge is 2.48. The first-order valence-electron chi connectivity index (χ1n) is 6.35. The van der Waals surface area contributed by atoms with Gasteiger partial charge in [-0.25, -0.2) is 0 Å². The van der Waals surface area contributed by atoms with Gasteiger partial charge in [0.15, 0.2) is 0 Å². The molecular weight excluding hydrogens is 232 g/mol. The van der Waals surface area contributed by atoms with Gasteiger partial charge < -0.3 is 9.84 Å². The molecule has 5 heteroatoms. The van der Waals surface area contributed by atoms with Crippen molar-refractivity contribution in [2.45, 2.75) is 45.8 Å². The fourth-order valence-corrected chi connectivity index (χ4v) is 2.45. The first-order valence-corrected chi connectivity index (χ1v) is 6.35. The molecule has 2 atom stereocenters. The normalized spacial score (nSPS) is 27.9. The van der Waals surface area contributed by atoms with E-state index >= 15 is 0 Å². The van der Waals surface area contributed by atoms with E-state index in [1.54, 1.807) is 0 Å². The van der Waals surface area contributed by atoms with Crippen LogP contribution in [0.1, 0.15) is 38.9 Å². The predicted molar refractivity (Wildman–Crippen MR) is 66.4 cm³/mol. The zero-order valence-electron chi connectivity index (χ0n) is 11.1. The van der Waals surface area contributed by atoms with Crippen molar-refractivity contribution < 1.29 is 14.6 Å². The molecule has 2 heterocycles. The van der Waals surface area contributed by atoms with E-state index in [9.17, 15) is 9.90 Å². The van der Waals surface area contributed by atoms with Crippen LogP contribution in [0.3, 0.4) is 0 Å². The lowest BCUT2D eigenvalue weighted by atomic mass is 9.77. The van der Waals surface area contributed by atoms with E-state index in [1.165, 1.54) is 0 Å². The molecule has 100 valence electrons. The number of carboxylic acids is 1. The third-order valence-corrected chi connectivity index (χ3v) is 3.81. The smallest absolute Gasteiger partial charge is 0.312 e. The minimum absolute atomic E-state index is 0.265. The third-order valence-electron chi connectivity index (χ3n) is 3.81. The average Bonchev–Trinajstić information content (AvgIpc) is 2.88. The number of rotatable bonds is 4. The molecular formula is C13H20N2O3. The molecule has 0 bridgehead atoms. The molecule has 1 aromatic heterocycles. The van der Waals surface area contributed by atoms with Gasteiger partial charge in [0, 0.05) is 25.3 Å². The first-order chi connectivity index (χ1) is 8.45. The van der Waals surface area contributed by atoms with Gasteiger partial charge in [-0.3, -0.25) is 9.48 Å². The van der Waals surface area contributed by atoms with Crippen molar-refractivity contribution in [1.29, 1.82) is 0 Å². The Kier molecular flexibility index (Phi) is 3.43. The Hall–Kier alpha value is -1.36. The molecule has 0 aromatic carbocycles. The summed E-state index contributed by atoms with van der Waals surface area (Å²) in [6.07, 6.45) is 2.62. The Morgan fingerprint density at radius 1 is 1.72 bits per heavy atom. The summed E-state index contributed by atoms with van der Waals surface area (Å²) in [4.78, 5) is 11.6. The Labute approximate surface area is 107 Å². The lowest BCUT2D eigenvalue weighted by Crippen LogP contribution is -2.39. The Morgan fingerprint density at radius 3 is 2.89 bits per heavy atom. The summed E-state index contributed by atoms with van der Waals surface area (Å²) < 4.78 is 7.29. The van der Waals surface area contributed by atoms with Gasteiger partial charge in [0.1, 0.15) is 5.41 Å².